The number of ether oxygens (including phenoxy) is 1. The van der Waals surface area contributed by atoms with Crippen molar-refractivity contribution in [1.29, 1.82) is 0 Å². The molecule has 0 bridgehead atoms. The van der Waals surface area contributed by atoms with Crippen molar-refractivity contribution in [3.63, 3.8) is 0 Å². The first kappa shape index (κ1) is 19.8. The molecular weight excluding hydrogens is 408 g/mol. The monoisotopic (exact) mass is 422 g/mol. The number of aromatic nitrogens is 2. The van der Waals surface area contributed by atoms with Crippen LogP contribution < -0.4 is 5.32 Å². The molecule has 3 aromatic rings. The zero-order valence-corrected chi connectivity index (χ0v) is 16.6. The predicted molar refractivity (Wildman–Crippen MR) is 105 cm³/mol. The summed E-state index contributed by atoms with van der Waals surface area (Å²) in [6.45, 7) is 3.12. The third kappa shape index (κ3) is 3.43. The third-order valence-electron chi connectivity index (χ3n) is 4.23. The molecule has 146 valence electrons. The molecule has 1 unspecified atom stereocenters. The van der Waals surface area contributed by atoms with Crippen molar-refractivity contribution in [1.82, 2.24) is 9.78 Å². The van der Waals surface area contributed by atoms with Crippen LogP contribution in [0, 0.1) is 17.0 Å². The number of thiophene rings is 1. The van der Waals surface area contributed by atoms with Gasteiger partial charge in [0.1, 0.15) is 22.8 Å². The summed E-state index contributed by atoms with van der Waals surface area (Å²) in [6.07, 6.45) is 1.12. The number of benzene rings is 1. The van der Waals surface area contributed by atoms with Crippen LogP contribution in [0.2, 0.25) is 5.02 Å². The van der Waals surface area contributed by atoms with E-state index >= 15 is 0 Å². The van der Waals surface area contributed by atoms with Crippen LogP contribution in [0.1, 0.15) is 28.3 Å². The van der Waals surface area contributed by atoms with Crippen LogP contribution in [0.5, 0.6) is 0 Å². The Balaban J connectivity index is 1.85. The lowest BCUT2D eigenvalue weighted by Gasteiger charge is -2.14. The average molecular weight is 423 g/mol. The predicted octanol–water partition coefficient (Wildman–Crippen LogP) is 3.95. The summed E-state index contributed by atoms with van der Waals surface area (Å²) < 4.78 is 6.72. The summed E-state index contributed by atoms with van der Waals surface area (Å²) in [6, 6.07) is 4.29. The van der Waals surface area contributed by atoms with Crippen molar-refractivity contribution in [3.8, 4) is 0 Å². The summed E-state index contributed by atoms with van der Waals surface area (Å²) in [5.74, 6) is -0.919. The molecular formula is C17H15ClN4O5S. The molecule has 0 aliphatic carbocycles. The molecule has 0 radical (unpaired) electrons. The fourth-order valence-electron chi connectivity index (χ4n) is 2.71. The van der Waals surface area contributed by atoms with Gasteiger partial charge < -0.3 is 10.1 Å². The Kier molecular flexibility index (Phi) is 5.34. The minimum absolute atomic E-state index is 0.148. The topological polar surface area (TPSA) is 116 Å². The number of carbonyl (C=O) groups excluding carboxylic acids is 2. The standard InChI is InChI=1S/C17H15ClN4O5S/c1-8-12(22(25)26)7-19-21(8)9(2)16(23)20-10-4-5-11-13(6-10)28-15(14(11)18)17(24)27-3/h4-7,9H,1-3H3,(H,20,23). The van der Waals surface area contributed by atoms with E-state index in [9.17, 15) is 19.7 Å². The molecule has 0 aliphatic rings. The minimum Gasteiger partial charge on any atom is -0.465 e. The molecule has 9 nitrogen and oxygen atoms in total. The molecule has 2 aromatic heterocycles. The number of carbonyl (C=O) groups is 2. The van der Waals surface area contributed by atoms with Crippen molar-refractivity contribution in [2.24, 2.45) is 0 Å². The Bertz CT molecular complexity index is 1110. The van der Waals surface area contributed by atoms with Gasteiger partial charge in [-0.05, 0) is 32.0 Å². The molecule has 1 atom stereocenters. The second kappa shape index (κ2) is 7.56. The lowest BCUT2D eigenvalue weighted by Crippen LogP contribution is -2.25. The maximum atomic E-state index is 12.6. The highest BCUT2D eigenvalue weighted by atomic mass is 35.5. The normalized spacial score (nSPS) is 12.0. The average Bonchev–Trinajstić information content (AvgIpc) is 3.20. The van der Waals surface area contributed by atoms with Crippen molar-refractivity contribution >= 4 is 56.3 Å². The van der Waals surface area contributed by atoms with Gasteiger partial charge in [0.05, 0.1) is 17.1 Å². The number of nitrogens with one attached hydrogen (secondary N) is 1. The Hall–Kier alpha value is -2.98. The van der Waals surface area contributed by atoms with E-state index in [0.717, 1.165) is 17.5 Å². The zero-order valence-electron chi connectivity index (χ0n) is 15.1. The SMILES string of the molecule is COC(=O)c1sc2cc(NC(=O)C(C)n3ncc([N+](=O)[O-])c3C)ccc2c1Cl. The van der Waals surface area contributed by atoms with Crippen LogP contribution in [-0.4, -0.2) is 33.7 Å². The van der Waals surface area contributed by atoms with E-state index in [1.807, 2.05) is 0 Å². The van der Waals surface area contributed by atoms with Crippen LogP contribution in [0.4, 0.5) is 11.4 Å². The van der Waals surface area contributed by atoms with E-state index in [2.05, 4.69) is 10.4 Å². The summed E-state index contributed by atoms with van der Waals surface area (Å²) in [4.78, 5) is 35.0. The molecule has 2 heterocycles. The Morgan fingerprint density at radius 3 is 2.75 bits per heavy atom. The van der Waals surface area contributed by atoms with Crippen LogP contribution in [0.25, 0.3) is 10.1 Å². The van der Waals surface area contributed by atoms with Gasteiger partial charge in [0.2, 0.25) is 5.91 Å². The quantitative estimate of drug-likeness (QED) is 0.378. The van der Waals surface area contributed by atoms with Gasteiger partial charge in [-0.2, -0.15) is 5.10 Å². The molecule has 1 amide bonds. The van der Waals surface area contributed by atoms with Crippen molar-refractivity contribution in [2.45, 2.75) is 19.9 Å². The van der Waals surface area contributed by atoms with Gasteiger partial charge >= 0.3 is 11.7 Å². The van der Waals surface area contributed by atoms with E-state index in [4.69, 9.17) is 16.3 Å². The fraction of sp³-hybridized carbons (Fsp3) is 0.235. The summed E-state index contributed by atoms with van der Waals surface area (Å²) in [5.41, 5.74) is 0.637. The van der Waals surface area contributed by atoms with E-state index in [1.165, 1.54) is 18.7 Å². The number of halogens is 1. The van der Waals surface area contributed by atoms with Crippen LogP contribution >= 0.6 is 22.9 Å². The number of methoxy groups -OCH3 is 1. The number of anilines is 1. The number of nitro groups is 1. The summed E-state index contributed by atoms with van der Waals surface area (Å²) >= 11 is 7.38. The molecule has 11 heteroatoms. The van der Waals surface area contributed by atoms with Gasteiger partial charge in [-0.15, -0.1) is 11.3 Å². The maximum Gasteiger partial charge on any atom is 0.349 e. The number of hydrogen-bond donors (Lipinski definition) is 1. The van der Waals surface area contributed by atoms with E-state index < -0.39 is 22.8 Å². The molecule has 0 saturated heterocycles. The number of hydrogen-bond acceptors (Lipinski definition) is 7. The van der Waals surface area contributed by atoms with Crippen molar-refractivity contribution in [3.05, 3.63) is 50.1 Å². The molecule has 0 fully saturated rings. The zero-order chi connectivity index (χ0) is 20.6. The fourth-order valence-corrected chi connectivity index (χ4v) is 4.17. The summed E-state index contributed by atoms with van der Waals surface area (Å²) in [7, 11) is 1.28. The van der Waals surface area contributed by atoms with Gasteiger partial charge in [0, 0.05) is 15.8 Å². The highest BCUT2D eigenvalue weighted by Crippen LogP contribution is 2.37. The molecule has 1 aromatic carbocycles. The number of nitrogens with zero attached hydrogens (tertiary/aromatic N) is 3. The first-order valence-electron chi connectivity index (χ1n) is 8.04. The molecule has 1 N–H and O–H groups in total. The Morgan fingerprint density at radius 2 is 2.14 bits per heavy atom. The molecule has 0 spiro atoms. The molecule has 0 saturated carbocycles. The highest BCUT2D eigenvalue weighted by molar-refractivity contribution is 7.21. The van der Waals surface area contributed by atoms with Gasteiger partial charge in [0.15, 0.2) is 0 Å². The lowest BCUT2D eigenvalue weighted by molar-refractivity contribution is -0.385. The molecule has 28 heavy (non-hydrogen) atoms. The van der Waals surface area contributed by atoms with Crippen LogP contribution in [0.15, 0.2) is 24.4 Å². The van der Waals surface area contributed by atoms with Gasteiger partial charge in [-0.3, -0.25) is 19.6 Å². The second-order valence-electron chi connectivity index (χ2n) is 5.93. The van der Waals surface area contributed by atoms with E-state index in [0.29, 0.717) is 20.8 Å². The second-order valence-corrected chi connectivity index (χ2v) is 7.36. The first-order chi connectivity index (χ1) is 13.2. The molecule has 3 rings (SSSR count). The van der Waals surface area contributed by atoms with Gasteiger partial charge in [-0.25, -0.2) is 4.79 Å². The van der Waals surface area contributed by atoms with E-state index in [-0.39, 0.29) is 16.3 Å². The minimum atomic E-state index is -0.762. The van der Waals surface area contributed by atoms with Crippen molar-refractivity contribution < 1.29 is 19.2 Å². The van der Waals surface area contributed by atoms with E-state index in [1.54, 1.807) is 25.1 Å². The van der Waals surface area contributed by atoms with Gasteiger partial charge in [-0.1, -0.05) is 11.6 Å². The van der Waals surface area contributed by atoms with Crippen molar-refractivity contribution in [2.75, 3.05) is 12.4 Å². The third-order valence-corrected chi connectivity index (χ3v) is 5.87. The van der Waals surface area contributed by atoms with Gasteiger partial charge in [0.25, 0.3) is 0 Å². The first-order valence-corrected chi connectivity index (χ1v) is 9.23. The smallest absolute Gasteiger partial charge is 0.349 e. The largest absolute Gasteiger partial charge is 0.465 e. The maximum absolute atomic E-state index is 12.6. The number of amides is 1. The van der Waals surface area contributed by atoms with Crippen LogP contribution in [0.3, 0.4) is 0 Å². The number of rotatable bonds is 5. The number of esters is 1. The Morgan fingerprint density at radius 1 is 1.43 bits per heavy atom. The summed E-state index contributed by atoms with van der Waals surface area (Å²) in [5, 5.41) is 18.6. The highest BCUT2D eigenvalue weighted by Gasteiger charge is 2.24. The number of fused-ring (bicyclic) bond motifs is 1. The van der Waals surface area contributed by atoms with Crippen LogP contribution in [-0.2, 0) is 9.53 Å². The Labute approximate surface area is 168 Å². The molecule has 0 aliphatic heterocycles. The lowest BCUT2D eigenvalue weighted by atomic mass is 10.2.